The van der Waals surface area contributed by atoms with Crippen LogP contribution in [0, 0.1) is 0 Å². The summed E-state index contributed by atoms with van der Waals surface area (Å²) in [7, 11) is 0. The van der Waals surface area contributed by atoms with Crippen LogP contribution < -0.4 is 20.7 Å². The highest BCUT2D eigenvalue weighted by atomic mass is 16.5. The first kappa shape index (κ1) is 22.3. The predicted octanol–water partition coefficient (Wildman–Crippen LogP) is 2.42. The minimum atomic E-state index is -0.133. The first-order valence-electron chi connectivity index (χ1n) is 11.4. The molecule has 172 valence electrons. The largest absolute Gasteiger partial charge is 0.463 e. The lowest BCUT2D eigenvalue weighted by atomic mass is 10.1. The number of hydrogen-bond donors (Lipinski definition) is 2. The van der Waals surface area contributed by atoms with Gasteiger partial charge in [0.2, 0.25) is 5.91 Å². The fourth-order valence-corrected chi connectivity index (χ4v) is 4.13. The molecule has 3 heterocycles. The van der Waals surface area contributed by atoms with Crippen LogP contribution in [-0.4, -0.2) is 60.2 Å². The minimum absolute atomic E-state index is 0.133. The molecular weight excluding hydrogens is 408 g/mol. The second-order valence-electron chi connectivity index (χ2n) is 8.20. The molecule has 0 saturated carbocycles. The van der Waals surface area contributed by atoms with Crippen molar-refractivity contribution in [1.82, 2.24) is 14.9 Å². The van der Waals surface area contributed by atoms with E-state index in [1.165, 1.54) is 18.4 Å². The van der Waals surface area contributed by atoms with Crippen LogP contribution >= 0.6 is 0 Å². The van der Waals surface area contributed by atoms with Crippen molar-refractivity contribution in [1.29, 1.82) is 0 Å². The van der Waals surface area contributed by atoms with Crippen LogP contribution in [0.15, 0.2) is 24.3 Å². The van der Waals surface area contributed by atoms with E-state index in [0.29, 0.717) is 37.9 Å². The number of carbonyl (C=O) groups excluding carboxylic acids is 1. The Bertz CT molecular complexity index is 932. The van der Waals surface area contributed by atoms with Gasteiger partial charge < -0.3 is 25.4 Å². The van der Waals surface area contributed by atoms with Crippen LogP contribution in [0.25, 0.3) is 0 Å². The highest BCUT2D eigenvalue weighted by molar-refractivity contribution is 6.03. The van der Waals surface area contributed by atoms with Gasteiger partial charge in [0.05, 0.1) is 13.2 Å². The molecule has 1 fully saturated rings. The molecule has 3 N–H and O–H groups in total. The Hall–Kier alpha value is -2.91. The third-order valence-electron chi connectivity index (χ3n) is 5.63. The first-order valence-corrected chi connectivity index (χ1v) is 11.4. The number of carbonyl (C=O) groups is 1. The van der Waals surface area contributed by atoms with Crippen molar-refractivity contribution in [2.24, 2.45) is 0 Å². The van der Waals surface area contributed by atoms with E-state index in [1.807, 2.05) is 11.8 Å². The van der Waals surface area contributed by atoms with E-state index in [4.69, 9.17) is 15.2 Å². The molecule has 0 aliphatic carbocycles. The average Bonchev–Trinajstić information content (AvgIpc) is 3.28. The van der Waals surface area contributed by atoms with E-state index < -0.39 is 0 Å². The molecule has 2 aliphatic heterocycles. The maximum absolute atomic E-state index is 12.3. The summed E-state index contributed by atoms with van der Waals surface area (Å²) in [6.07, 6.45) is 3.28. The molecule has 2 aromatic rings. The molecule has 1 aromatic carbocycles. The van der Waals surface area contributed by atoms with Crippen molar-refractivity contribution in [2.75, 3.05) is 55.4 Å². The van der Waals surface area contributed by atoms with Crippen molar-refractivity contribution >= 4 is 23.2 Å². The third-order valence-corrected chi connectivity index (χ3v) is 5.63. The number of nitrogens with one attached hydrogen (secondary N) is 1. The summed E-state index contributed by atoms with van der Waals surface area (Å²) in [5.41, 5.74) is 8.97. The number of anilines is 3. The molecular formula is C23H32N6O3. The second kappa shape index (κ2) is 10.6. The zero-order chi connectivity index (χ0) is 22.3. The number of nitrogens with two attached hydrogens (primary N) is 1. The number of nitrogens with zero attached hydrogens (tertiary/aromatic N) is 4. The Morgan fingerprint density at radius 1 is 1.12 bits per heavy atom. The average molecular weight is 441 g/mol. The Morgan fingerprint density at radius 2 is 1.91 bits per heavy atom. The number of amides is 1. The molecule has 32 heavy (non-hydrogen) atoms. The summed E-state index contributed by atoms with van der Waals surface area (Å²) in [6.45, 7) is 7.71. The number of fused-ring (bicyclic) bond motifs is 1. The van der Waals surface area contributed by atoms with Gasteiger partial charge in [-0.05, 0) is 44.0 Å². The Morgan fingerprint density at radius 3 is 2.69 bits per heavy atom. The highest BCUT2D eigenvalue weighted by Gasteiger charge is 2.27. The van der Waals surface area contributed by atoms with Gasteiger partial charge in [-0.3, -0.25) is 9.69 Å². The number of rotatable bonds is 10. The molecule has 0 radical (unpaired) electrons. The van der Waals surface area contributed by atoms with Gasteiger partial charge in [-0.25, -0.2) is 0 Å². The maximum atomic E-state index is 12.3. The number of likely N-dealkylation sites (tertiary alicyclic amines) is 1. The summed E-state index contributed by atoms with van der Waals surface area (Å²) < 4.78 is 11.0. The van der Waals surface area contributed by atoms with Gasteiger partial charge in [0.25, 0.3) is 0 Å². The lowest BCUT2D eigenvalue weighted by Gasteiger charge is -2.30. The standard InChI is InChI=1S/C23H32N6O3/c1-2-31-11-6-12-32-23-26-21(24)20-22(27-23)29(16-19(30)25-20)15-18-8-5-7-17(13-18)14-28-9-3-4-10-28/h5,7-8,13H,2-4,6,9-12,14-16H2,1H3,(H,25,30)(H2,24,26,27). The normalized spacial score (nSPS) is 16.2. The topological polar surface area (TPSA) is 106 Å². The van der Waals surface area contributed by atoms with E-state index in [1.54, 1.807) is 0 Å². The SMILES string of the molecule is CCOCCCOc1nc(N)c2c(n1)N(Cc1cccc(CN3CCCC3)c1)CC(=O)N2. The monoisotopic (exact) mass is 440 g/mol. The summed E-state index contributed by atoms with van der Waals surface area (Å²) in [5, 5.41) is 2.80. The van der Waals surface area contributed by atoms with Crippen LogP contribution in [0.2, 0.25) is 0 Å². The van der Waals surface area contributed by atoms with Crippen molar-refractivity contribution in [3.8, 4) is 6.01 Å². The number of aromatic nitrogens is 2. The van der Waals surface area contributed by atoms with Crippen molar-refractivity contribution in [3.63, 3.8) is 0 Å². The molecule has 9 heteroatoms. The fourth-order valence-electron chi connectivity index (χ4n) is 4.13. The Labute approximate surface area is 188 Å². The quantitative estimate of drug-likeness (QED) is 0.543. The van der Waals surface area contributed by atoms with Gasteiger partial charge in [0, 0.05) is 32.7 Å². The van der Waals surface area contributed by atoms with Gasteiger partial charge in [0.1, 0.15) is 5.69 Å². The van der Waals surface area contributed by atoms with E-state index in [0.717, 1.165) is 31.6 Å². The van der Waals surface area contributed by atoms with Crippen LogP contribution in [0.3, 0.4) is 0 Å². The maximum Gasteiger partial charge on any atom is 0.320 e. The van der Waals surface area contributed by atoms with E-state index in [2.05, 4.69) is 44.5 Å². The van der Waals surface area contributed by atoms with Crippen molar-refractivity contribution in [2.45, 2.75) is 39.3 Å². The molecule has 0 atom stereocenters. The summed E-state index contributed by atoms with van der Waals surface area (Å²) in [6, 6.07) is 8.73. The van der Waals surface area contributed by atoms with Gasteiger partial charge in [-0.2, -0.15) is 9.97 Å². The van der Waals surface area contributed by atoms with Crippen LogP contribution in [-0.2, 0) is 22.6 Å². The number of benzene rings is 1. The number of hydrogen-bond acceptors (Lipinski definition) is 8. The van der Waals surface area contributed by atoms with E-state index >= 15 is 0 Å². The molecule has 2 aliphatic rings. The second-order valence-corrected chi connectivity index (χ2v) is 8.20. The van der Waals surface area contributed by atoms with Crippen molar-refractivity contribution < 1.29 is 14.3 Å². The van der Waals surface area contributed by atoms with Gasteiger partial charge in [-0.1, -0.05) is 24.3 Å². The summed E-state index contributed by atoms with van der Waals surface area (Å²) in [4.78, 5) is 25.5. The number of ether oxygens (including phenoxy) is 2. The van der Waals surface area contributed by atoms with E-state index in [-0.39, 0.29) is 24.3 Å². The molecule has 1 amide bonds. The Balaban J connectivity index is 1.48. The van der Waals surface area contributed by atoms with Gasteiger partial charge in [0.15, 0.2) is 11.6 Å². The lowest BCUT2D eigenvalue weighted by Crippen LogP contribution is -2.39. The molecule has 0 spiro atoms. The molecule has 1 saturated heterocycles. The third kappa shape index (κ3) is 5.66. The first-order chi connectivity index (χ1) is 15.6. The van der Waals surface area contributed by atoms with Crippen molar-refractivity contribution in [3.05, 3.63) is 35.4 Å². The molecule has 0 unspecified atom stereocenters. The molecule has 0 bridgehead atoms. The smallest absolute Gasteiger partial charge is 0.320 e. The summed E-state index contributed by atoms with van der Waals surface area (Å²) >= 11 is 0. The zero-order valence-corrected chi connectivity index (χ0v) is 18.7. The highest BCUT2D eigenvalue weighted by Crippen LogP contribution is 2.34. The van der Waals surface area contributed by atoms with E-state index in [9.17, 15) is 4.79 Å². The predicted molar refractivity (Wildman–Crippen MR) is 124 cm³/mol. The molecule has 9 nitrogen and oxygen atoms in total. The summed E-state index contributed by atoms with van der Waals surface area (Å²) in [5.74, 6) is 0.656. The lowest BCUT2D eigenvalue weighted by molar-refractivity contribution is -0.115. The van der Waals surface area contributed by atoms with Gasteiger partial charge in [-0.15, -0.1) is 0 Å². The molecule has 1 aromatic heterocycles. The number of nitrogen functional groups attached to an aromatic ring is 1. The van der Waals surface area contributed by atoms with Crippen LogP contribution in [0.4, 0.5) is 17.3 Å². The minimum Gasteiger partial charge on any atom is -0.463 e. The van der Waals surface area contributed by atoms with Crippen LogP contribution in [0.5, 0.6) is 6.01 Å². The Kier molecular flexibility index (Phi) is 7.39. The van der Waals surface area contributed by atoms with Crippen LogP contribution in [0.1, 0.15) is 37.3 Å². The van der Waals surface area contributed by atoms with Gasteiger partial charge >= 0.3 is 6.01 Å². The molecule has 4 rings (SSSR count). The zero-order valence-electron chi connectivity index (χ0n) is 18.7. The fraction of sp³-hybridized carbons (Fsp3) is 0.522.